The highest BCUT2D eigenvalue weighted by Crippen LogP contribution is 2.30. The lowest BCUT2D eigenvalue weighted by molar-refractivity contribution is 0.467. The van der Waals surface area contributed by atoms with Gasteiger partial charge in [0.2, 0.25) is 0 Å². The number of aryl methyl sites for hydroxylation is 1. The topological polar surface area (TPSA) is 40.5 Å². The van der Waals surface area contributed by atoms with Crippen molar-refractivity contribution in [2.75, 3.05) is 0 Å². The summed E-state index contributed by atoms with van der Waals surface area (Å²) in [5.41, 5.74) is 0.986. The van der Waals surface area contributed by atoms with Crippen molar-refractivity contribution in [2.45, 2.75) is 26.2 Å². The van der Waals surface area contributed by atoms with Gasteiger partial charge in [0.25, 0.3) is 0 Å². The van der Waals surface area contributed by atoms with E-state index >= 15 is 0 Å². The third kappa shape index (κ3) is 1.96. The van der Waals surface area contributed by atoms with Gasteiger partial charge >= 0.3 is 0 Å². The normalized spacial score (nSPS) is 10.8. The molecule has 0 bridgehead atoms. The van der Waals surface area contributed by atoms with Crippen LogP contribution >= 0.6 is 0 Å². The highest BCUT2D eigenvalue weighted by molar-refractivity contribution is 5.88. The van der Waals surface area contributed by atoms with Crippen molar-refractivity contribution in [1.82, 2.24) is 0 Å². The van der Waals surface area contributed by atoms with E-state index in [-0.39, 0.29) is 5.75 Å². The number of phenolic OH excluding ortho intramolecular Hbond substituents is 2. The smallest absolute Gasteiger partial charge is 0.119 e. The van der Waals surface area contributed by atoms with Crippen molar-refractivity contribution < 1.29 is 10.2 Å². The lowest BCUT2D eigenvalue weighted by atomic mass is 9.99. The zero-order valence-corrected chi connectivity index (χ0v) is 9.40. The van der Waals surface area contributed by atoms with Crippen LogP contribution in [-0.2, 0) is 6.42 Å². The first kappa shape index (κ1) is 10.8. The Morgan fingerprint density at radius 3 is 2.62 bits per heavy atom. The Bertz CT molecular complexity index is 503. The van der Waals surface area contributed by atoms with Crippen molar-refractivity contribution in [1.29, 1.82) is 0 Å². The highest BCUT2D eigenvalue weighted by atomic mass is 16.3. The maximum atomic E-state index is 9.84. The third-order valence-electron chi connectivity index (χ3n) is 2.87. The van der Waals surface area contributed by atoms with Gasteiger partial charge < -0.3 is 10.2 Å². The number of benzene rings is 2. The molecular formula is C14H16O2. The Hall–Kier alpha value is -1.70. The molecule has 2 N–H and O–H groups in total. The molecule has 0 aliphatic rings. The van der Waals surface area contributed by atoms with Gasteiger partial charge in [-0.2, -0.15) is 0 Å². The maximum Gasteiger partial charge on any atom is 0.119 e. The highest BCUT2D eigenvalue weighted by Gasteiger charge is 2.06. The summed E-state index contributed by atoms with van der Waals surface area (Å²) >= 11 is 0. The largest absolute Gasteiger partial charge is 0.508 e. The van der Waals surface area contributed by atoms with Crippen LogP contribution in [0.1, 0.15) is 25.3 Å². The second-order valence-electron chi connectivity index (χ2n) is 4.07. The Balaban J connectivity index is 2.55. The number of hydrogen-bond donors (Lipinski definition) is 2. The fourth-order valence-electron chi connectivity index (χ4n) is 1.99. The van der Waals surface area contributed by atoms with Crippen molar-refractivity contribution in [3.05, 3.63) is 35.9 Å². The molecule has 0 aromatic heterocycles. The first-order chi connectivity index (χ1) is 7.72. The van der Waals surface area contributed by atoms with E-state index in [0.29, 0.717) is 5.75 Å². The Kier molecular flexibility index (Phi) is 3.00. The zero-order chi connectivity index (χ0) is 11.5. The van der Waals surface area contributed by atoms with Gasteiger partial charge in [-0.15, -0.1) is 0 Å². The number of aromatic hydroxyl groups is 2. The van der Waals surface area contributed by atoms with Crippen LogP contribution in [0.4, 0.5) is 0 Å². The molecule has 0 atom stereocenters. The fraction of sp³-hybridized carbons (Fsp3) is 0.286. The second-order valence-corrected chi connectivity index (χ2v) is 4.07. The van der Waals surface area contributed by atoms with Gasteiger partial charge in [0.15, 0.2) is 0 Å². The third-order valence-corrected chi connectivity index (χ3v) is 2.87. The van der Waals surface area contributed by atoms with Gasteiger partial charge in [-0.1, -0.05) is 25.5 Å². The Labute approximate surface area is 95.2 Å². The average molecular weight is 216 g/mol. The van der Waals surface area contributed by atoms with E-state index in [1.54, 1.807) is 18.2 Å². The summed E-state index contributed by atoms with van der Waals surface area (Å²) < 4.78 is 0. The molecule has 16 heavy (non-hydrogen) atoms. The van der Waals surface area contributed by atoms with Crippen LogP contribution in [0.3, 0.4) is 0 Å². The molecule has 0 amide bonds. The molecule has 84 valence electrons. The molecule has 0 radical (unpaired) electrons. The van der Waals surface area contributed by atoms with Crippen LogP contribution in [0.5, 0.6) is 11.5 Å². The molecule has 2 aromatic rings. The lowest BCUT2D eigenvalue weighted by Gasteiger charge is -2.08. The number of unbranched alkanes of at least 4 members (excludes halogenated alkanes) is 1. The molecule has 0 fully saturated rings. The van der Waals surface area contributed by atoms with Gasteiger partial charge in [-0.05, 0) is 41.8 Å². The number of hydrogen-bond acceptors (Lipinski definition) is 2. The predicted octanol–water partition coefficient (Wildman–Crippen LogP) is 3.59. The van der Waals surface area contributed by atoms with Gasteiger partial charge in [-0.25, -0.2) is 0 Å². The van der Waals surface area contributed by atoms with Crippen molar-refractivity contribution >= 4 is 10.8 Å². The molecule has 0 saturated carbocycles. The number of rotatable bonds is 3. The SMILES string of the molecule is CCCCc1c(O)ccc2cc(O)ccc12. The molecule has 0 unspecified atom stereocenters. The molecule has 0 spiro atoms. The second kappa shape index (κ2) is 4.44. The van der Waals surface area contributed by atoms with Crippen LogP contribution in [-0.4, -0.2) is 10.2 Å². The molecular weight excluding hydrogens is 200 g/mol. The zero-order valence-electron chi connectivity index (χ0n) is 9.40. The van der Waals surface area contributed by atoms with E-state index in [1.807, 2.05) is 12.1 Å². The molecule has 2 heteroatoms. The summed E-state index contributed by atoms with van der Waals surface area (Å²) in [6.07, 6.45) is 3.05. The number of phenols is 2. The molecule has 2 aromatic carbocycles. The molecule has 0 aliphatic heterocycles. The first-order valence-corrected chi connectivity index (χ1v) is 5.66. The minimum absolute atomic E-state index is 0.264. The first-order valence-electron chi connectivity index (χ1n) is 5.66. The Morgan fingerprint density at radius 1 is 1.06 bits per heavy atom. The van der Waals surface area contributed by atoms with E-state index < -0.39 is 0 Å². The summed E-state index contributed by atoms with van der Waals surface area (Å²) in [5, 5.41) is 21.3. The summed E-state index contributed by atoms with van der Waals surface area (Å²) in [6, 6.07) is 8.80. The van der Waals surface area contributed by atoms with Crippen molar-refractivity contribution in [2.24, 2.45) is 0 Å². The summed E-state index contributed by atoms with van der Waals surface area (Å²) in [7, 11) is 0. The summed E-state index contributed by atoms with van der Waals surface area (Å²) in [6.45, 7) is 2.13. The van der Waals surface area contributed by atoms with Gasteiger partial charge in [-0.3, -0.25) is 0 Å². The van der Waals surface area contributed by atoms with Crippen molar-refractivity contribution in [3.63, 3.8) is 0 Å². The van der Waals surface area contributed by atoms with Crippen LogP contribution in [0.15, 0.2) is 30.3 Å². The minimum Gasteiger partial charge on any atom is -0.508 e. The summed E-state index contributed by atoms with van der Waals surface area (Å²) in [4.78, 5) is 0. The monoisotopic (exact) mass is 216 g/mol. The van der Waals surface area contributed by atoms with Gasteiger partial charge in [0.05, 0.1) is 0 Å². The van der Waals surface area contributed by atoms with E-state index in [9.17, 15) is 10.2 Å². The predicted molar refractivity (Wildman–Crippen MR) is 65.9 cm³/mol. The van der Waals surface area contributed by atoms with E-state index in [2.05, 4.69) is 6.92 Å². The van der Waals surface area contributed by atoms with Gasteiger partial charge in [0.1, 0.15) is 11.5 Å². The average Bonchev–Trinajstić information content (AvgIpc) is 2.28. The van der Waals surface area contributed by atoms with Crippen LogP contribution < -0.4 is 0 Å². The molecule has 0 saturated heterocycles. The minimum atomic E-state index is 0.264. The quantitative estimate of drug-likeness (QED) is 0.823. The van der Waals surface area contributed by atoms with Crippen LogP contribution in [0.25, 0.3) is 10.8 Å². The molecule has 0 aliphatic carbocycles. The van der Waals surface area contributed by atoms with Gasteiger partial charge in [0, 0.05) is 5.56 Å². The maximum absolute atomic E-state index is 9.84. The standard InChI is InChI=1S/C14H16O2/c1-2-3-4-13-12-7-6-11(15)9-10(12)5-8-14(13)16/h5-9,15-16H,2-4H2,1H3. The Morgan fingerprint density at radius 2 is 1.88 bits per heavy atom. The molecule has 0 heterocycles. The fourth-order valence-corrected chi connectivity index (χ4v) is 1.99. The molecule has 2 nitrogen and oxygen atoms in total. The summed E-state index contributed by atoms with van der Waals surface area (Å²) in [5.74, 6) is 0.617. The lowest BCUT2D eigenvalue weighted by Crippen LogP contribution is -1.88. The van der Waals surface area contributed by atoms with E-state index in [0.717, 1.165) is 35.6 Å². The van der Waals surface area contributed by atoms with Crippen LogP contribution in [0.2, 0.25) is 0 Å². The van der Waals surface area contributed by atoms with Crippen LogP contribution in [0, 0.1) is 0 Å². The van der Waals surface area contributed by atoms with E-state index in [1.165, 1.54) is 0 Å². The number of fused-ring (bicyclic) bond motifs is 1. The van der Waals surface area contributed by atoms with E-state index in [4.69, 9.17) is 0 Å². The van der Waals surface area contributed by atoms with Crippen molar-refractivity contribution in [3.8, 4) is 11.5 Å². The molecule has 2 rings (SSSR count).